The number of fused-ring (bicyclic) bond motifs is 1. The number of carbonyl (C=O) groups is 4. The van der Waals surface area contributed by atoms with Crippen LogP contribution in [-0.2, 0) is 25.6 Å². The number of hydrogen-bond donors (Lipinski definition) is 3. The highest BCUT2D eigenvalue weighted by Gasteiger charge is 2.49. The Bertz CT molecular complexity index is 1470. The number of nitrogens with zero attached hydrogens (tertiary/aromatic N) is 1. The number of amides is 2. The number of benzene rings is 3. The Labute approximate surface area is 246 Å². The maximum absolute atomic E-state index is 13.8. The molecule has 0 aliphatic carbocycles. The molecule has 214 valence electrons. The molecule has 41 heavy (non-hydrogen) atoms. The summed E-state index contributed by atoms with van der Waals surface area (Å²) in [6.07, 6.45) is -0.410. The topological polar surface area (TPSA) is 134 Å². The SMILES string of the molecule is CC(C)C(NC(=O)c1cccc2ccccc12)C1=NOC(Cc2ccccc2)(C(=O)N[C@@H](CC(=O)O)C(=O)CBr)C1. The molecule has 4 rings (SSSR count). The first-order valence-electron chi connectivity index (χ1n) is 13.3. The van der Waals surface area contributed by atoms with Gasteiger partial charge in [-0.25, -0.2) is 0 Å². The number of carboxylic acid groups (broad SMARTS) is 1. The Balaban J connectivity index is 1.61. The lowest BCUT2D eigenvalue weighted by Crippen LogP contribution is -2.55. The quantitative estimate of drug-likeness (QED) is 0.259. The number of Topliss-reactive ketones (excluding diaryl/α,β-unsaturated/α-hetero) is 1. The van der Waals surface area contributed by atoms with Crippen molar-refractivity contribution in [3.8, 4) is 0 Å². The summed E-state index contributed by atoms with van der Waals surface area (Å²) in [5.41, 5.74) is 0.242. The van der Waals surface area contributed by atoms with E-state index in [9.17, 15) is 24.3 Å². The molecule has 0 fully saturated rings. The van der Waals surface area contributed by atoms with Crippen LogP contribution in [0.4, 0.5) is 0 Å². The Morgan fingerprint density at radius 2 is 1.66 bits per heavy atom. The molecule has 0 radical (unpaired) electrons. The van der Waals surface area contributed by atoms with Crippen LogP contribution in [0.25, 0.3) is 10.8 Å². The van der Waals surface area contributed by atoms with Crippen molar-refractivity contribution in [3.63, 3.8) is 0 Å². The number of ketones is 1. The molecule has 0 saturated heterocycles. The third kappa shape index (κ3) is 7.00. The standard InChI is InChI=1S/C31H32BrN3O6/c1-19(2)28(34-29(39)23-14-8-12-21-11-6-7-13-22(21)23)25-17-31(41-35-25,16-20-9-4-3-5-10-20)30(40)33-24(15-27(37)38)26(36)18-32/h3-14,19,24,28H,15-18H2,1-2H3,(H,33,40)(H,34,39)(H,37,38)/t24-,28?,31?/m0/s1. The smallest absolute Gasteiger partial charge is 0.305 e. The predicted octanol–water partition coefficient (Wildman–Crippen LogP) is 4.28. The molecule has 0 saturated carbocycles. The minimum absolute atomic E-state index is 0.0364. The van der Waals surface area contributed by atoms with Crippen LogP contribution in [0.15, 0.2) is 78.0 Å². The number of oxime groups is 1. The van der Waals surface area contributed by atoms with Crippen LogP contribution in [0.2, 0.25) is 0 Å². The average Bonchev–Trinajstić information content (AvgIpc) is 3.39. The van der Waals surface area contributed by atoms with Crippen LogP contribution in [0, 0.1) is 5.92 Å². The summed E-state index contributed by atoms with van der Waals surface area (Å²) in [7, 11) is 0. The summed E-state index contributed by atoms with van der Waals surface area (Å²) in [5.74, 6) is -2.72. The molecule has 3 aromatic rings. The molecule has 0 bridgehead atoms. The van der Waals surface area contributed by atoms with Crippen LogP contribution in [0.3, 0.4) is 0 Å². The molecule has 1 heterocycles. The zero-order valence-electron chi connectivity index (χ0n) is 22.8. The molecule has 3 N–H and O–H groups in total. The van der Waals surface area contributed by atoms with E-state index in [1.165, 1.54) is 0 Å². The van der Waals surface area contributed by atoms with Crippen LogP contribution >= 0.6 is 15.9 Å². The Morgan fingerprint density at radius 1 is 0.976 bits per heavy atom. The van der Waals surface area contributed by atoms with Crippen molar-refractivity contribution in [2.24, 2.45) is 11.1 Å². The van der Waals surface area contributed by atoms with E-state index in [2.05, 4.69) is 31.7 Å². The molecular weight excluding hydrogens is 590 g/mol. The fraction of sp³-hybridized carbons (Fsp3) is 0.323. The van der Waals surface area contributed by atoms with Crippen molar-refractivity contribution in [2.75, 3.05) is 5.33 Å². The summed E-state index contributed by atoms with van der Waals surface area (Å²) in [4.78, 5) is 57.0. The van der Waals surface area contributed by atoms with Crippen molar-refractivity contribution in [3.05, 3.63) is 83.9 Å². The second-order valence-electron chi connectivity index (χ2n) is 10.5. The van der Waals surface area contributed by atoms with Crippen molar-refractivity contribution >= 4 is 56.0 Å². The molecule has 3 aromatic carbocycles. The van der Waals surface area contributed by atoms with Gasteiger partial charge >= 0.3 is 5.97 Å². The van der Waals surface area contributed by atoms with E-state index in [4.69, 9.17) is 4.84 Å². The minimum Gasteiger partial charge on any atom is -0.481 e. The van der Waals surface area contributed by atoms with E-state index in [1.54, 1.807) is 6.07 Å². The van der Waals surface area contributed by atoms with Gasteiger partial charge < -0.3 is 20.6 Å². The molecular formula is C31H32BrN3O6. The lowest BCUT2D eigenvalue weighted by molar-refractivity contribution is -0.147. The number of halogens is 1. The van der Waals surface area contributed by atoms with E-state index in [1.807, 2.05) is 80.6 Å². The number of nitrogens with one attached hydrogen (secondary N) is 2. The Hall–Kier alpha value is -4.05. The predicted molar refractivity (Wildman–Crippen MR) is 159 cm³/mol. The molecule has 1 aliphatic rings. The number of alkyl halides is 1. The largest absolute Gasteiger partial charge is 0.481 e. The highest BCUT2D eigenvalue weighted by molar-refractivity contribution is 9.09. The van der Waals surface area contributed by atoms with Crippen LogP contribution in [-0.4, -0.2) is 57.4 Å². The van der Waals surface area contributed by atoms with Gasteiger partial charge in [0.1, 0.15) is 0 Å². The van der Waals surface area contributed by atoms with E-state index < -0.39 is 41.8 Å². The summed E-state index contributed by atoms with van der Waals surface area (Å²) < 4.78 is 0. The summed E-state index contributed by atoms with van der Waals surface area (Å²) >= 11 is 3.06. The highest BCUT2D eigenvalue weighted by atomic mass is 79.9. The molecule has 0 spiro atoms. The van der Waals surface area contributed by atoms with Crippen LogP contribution in [0.1, 0.15) is 42.6 Å². The third-order valence-corrected chi connectivity index (χ3v) is 7.65. The molecule has 10 heteroatoms. The first-order valence-corrected chi connectivity index (χ1v) is 14.4. The zero-order valence-corrected chi connectivity index (χ0v) is 24.4. The van der Waals surface area contributed by atoms with E-state index >= 15 is 0 Å². The number of carbonyl (C=O) groups excluding carboxylic acids is 3. The van der Waals surface area contributed by atoms with Gasteiger partial charge in [0.05, 0.1) is 29.5 Å². The molecule has 9 nitrogen and oxygen atoms in total. The molecule has 2 unspecified atom stereocenters. The summed E-state index contributed by atoms with van der Waals surface area (Å²) in [6, 6.07) is 20.6. The second-order valence-corrected chi connectivity index (χ2v) is 11.0. The van der Waals surface area contributed by atoms with Gasteiger partial charge in [0, 0.05) is 18.4 Å². The molecule has 3 atom stereocenters. The molecule has 0 aromatic heterocycles. The molecule has 2 amide bonds. The van der Waals surface area contributed by atoms with Gasteiger partial charge in [-0.1, -0.05) is 102 Å². The van der Waals surface area contributed by atoms with Crippen molar-refractivity contribution in [2.45, 2.75) is 50.8 Å². The van der Waals surface area contributed by atoms with Crippen LogP contribution in [0.5, 0.6) is 0 Å². The first-order chi connectivity index (χ1) is 19.6. The van der Waals surface area contributed by atoms with Crippen molar-refractivity contribution in [1.29, 1.82) is 0 Å². The lowest BCUT2D eigenvalue weighted by atomic mass is 9.84. The lowest BCUT2D eigenvalue weighted by Gasteiger charge is -2.29. The first kappa shape index (κ1) is 29.9. The van der Waals surface area contributed by atoms with E-state index in [0.717, 1.165) is 16.3 Å². The number of hydrogen-bond acceptors (Lipinski definition) is 6. The summed E-state index contributed by atoms with van der Waals surface area (Å²) in [6.45, 7) is 3.87. The van der Waals surface area contributed by atoms with E-state index in [0.29, 0.717) is 11.3 Å². The molecule has 1 aliphatic heterocycles. The maximum atomic E-state index is 13.8. The van der Waals surface area contributed by atoms with E-state index in [-0.39, 0.29) is 30.0 Å². The van der Waals surface area contributed by atoms with Gasteiger partial charge in [0.25, 0.3) is 11.8 Å². The number of rotatable bonds is 12. The van der Waals surface area contributed by atoms with Crippen molar-refractivity contribution in [1.82, 2.24) is 10.6 Å². The Kier molecular flexibility index (Phi) is 9.54. The fourth-order valence-electron chi connectivity index (χ4n) is 4.97. The minimum atomic E-state index is -1.54. The van der Waals surface area contributed by atoms with Gasteiger partial charge in [0.2, 0.25) is 5.60 Å². The number of carboxylic acids is 1. The van der Waals surface area contributed by atoms with Gasteiger partial charge in [0.15, 0.2) is 5.78 Å². The van der Waals surface area contributed by atoms with Gasteiger partial charge in [-0.15, -0.1) is 0 Å². The van der Waals surface area contributed by atoms with Crippen LogP contribution < -0.4 is 10.6 Å². The fourth-order valence-corrected chi connectivity index (χ4v) is 5.36. The summed E-state index contributed by atoms with van der Waals surface area (Å²) in [5, 5.41) is 20.9. The highest BCUT2D eigenvalue weighted by Crippen LogP contribution is 2.32. The monoisotopic (exact) mass is 621 g/mol. The normalized spacial score (nSPS) is 17.8. The van der Waals surface area contributed by atoms with Gasteiger partial charge in [-0.05, 0) is 28.3 Å². The average molecular weight is 623 g/mol. The maximum Gasteiger partial charge on any atom is 0.305 e. The van der Waals surface area contributed by atoms with Gasteiger partial charge in [-0.3, -0.25) is 19.2 Å². The third-order valence-electron chi connectivity index (χ3n) is 7.10. The second kappa shape index (κ2) is 13.1. The number of aliphatic carboxylic acids is 1. The van der Waals surface area contributed by atoms with Gasteiger partial charge in [-0.2, -0.15) is 0 Å². The zero-order chi connectivity index (χ0) is 29.6. The Morgan fingerprint density at radius 3 is 2.34 bits per heavy atom. The van der Waals surface area contributed by atoms with Crippen molar-refractivity contribution < 1.29 is 29.1 Å².